The van der Waals surface area contributed by atoms with Crippen LogP contribution in [0.15, 0.2) is 0 Å². The predicted octanol–water partition coefficient (Wildman–Crippen LogP) is 0.981. The Hall–Kier alpha value is -1.10. The van der Waals surface area contributed by atoms with Gasteiger partial charge in [0.2, 0.25) is 0 Å². The van der Waals surface area contributed by atoms with Gasteiger partial charge in [-0.3, -0.25) is 9.59 Å². The van der Waals surface area contributed by atoms with Crippen LogP contribution in [0.3, 0.4) is 0 Å². The second-order valence-corrected chi connectivity index (χ2v) is 5.06. The lowest BCUT2D eigenvalue weighted by Gasteiger charge is -2.26. The molecule has 0 radical (unpaired) electrons. The van der Waals surface area contributed by atoms with Gasteiger partial charge in [-0.15, -0.1) is 0 Å². The van der Waals surface area contributed by atoms with Crippen LogP contribution in [0.4, 0.5) is 0 Å². The Labute approximate surface area is 102 Å². The average molecular weight is 243 g/mol. The summed E-state index contributed by atoms with van der Waals surface area (Å²) in [6.07, 6.45) is 0.395. The molecule has 0 aromatic heterocycles. The first-order valence-electron chi connectivity index (χ1n) is 6.04. The molecule has 2 unspecified atom stereocenters. The summed E-state index contributed by atoms with van der Waals surface area (Å²) in [4.78, 5) is 24.3. The van der Waals surface area contributed by atoms with E-state index < -0.39 is 12.1 Å². The normalized spacial score (nSPS) is 24.0. The molecule has 0 aromatic rings. The monoisotopic (exact) mass is 243 g/mol. The van der Waals surface area contributed by atoms with Gasteiger partial charge >= 0.3 is 5.97 Å². The molecule has 17 heavy (non-hydrogen) atoms. The largest absolute Gasteiger partial charge is 0.480 e. The number of carboxylic acid groups (broad SMARTS) is 1. The molecule has 1 heterocycles. The van der Waals surface area contributed by atoms with Crippen molar-refractivity contribution in [2.45, 2.75) is 33.3 Å². The third-order valence-electron chi connectivity index (χ3n) is 2.85. The molecule has 1 amide bonds. The molecule has 2 atom stereocenters. The maximum Gasteiger partial charge on any atom is 0.323 e. The minimum Gasteiger partial charge on any atom is -0.480 e. The number of aliphatic carboxylic acids is 1. The van der Waals surface area contributed by atoms with Gasteiger partial charge in [0.15, 0.2) is 0 Å². The molecular formula is C12H21NO4. The summed E-state index contributed by atoms with van der Waals surface area (Å²) in [5.74, 6) is -0.753. The Morgan fingerprint density at radius 3 is 2.53 bits per heavy atom. The van der Waals surface area contributed by atoms with Crippen molar-refractivity contribution in [2.75, 3.05) is 19.7 Å². The summed E-state index contributed by atoms with van der Waals surface area (Å²) in [7, 11) is 0. The van der Waals surface area contributed by atoms with E-state index in [1.54, 1.807) is 0 Å². The highest BCUT2D eigenvalue weighted by molar-refractivity contribution is 5.85. The van der Waals surface area contributed by atoms with E-state index in [2.05, 4.69) is 0 Å². The molecule has 0 spiro atoms. The smallest absolute Gasteiger partial charge is 0.323 e. The third kappa shape index (κ3) is 4.00. The minimum atomic E-state index is -0.982. The number of amides is 1. The van der Waals surface area contributed by atoms with Gasteiger partial charge in [-0.05, 0) is 18.3 Å². The number of rotatable bonds is 5. The van der Waals surface area contributed by atoms with Crippen LogP contribution in [0.5, 0.6) is 0 Å². The van der Waals surface area contributed by atoms with Crippen LogP contribution < -0.4 is 0 Å². The van der Waals surface area contributed by atoms with E-state index in [0.717, 1.165) is 6.42 Å². The van der Waals surface area contributed by atoms with Crippen LogP contribution in [0.25, 0.3) is 0 Å². The van der Waals surface area contributed by atoms with E-state index in [-0.39, 0.29) is 24.3 Å². The standard InChI is InChI=1S/C12H21NO4/c1-8(2)6-13(7-10(14)15)12(16)11-9(3)4-5-17-11/h8-9,11H,4-7H2,1-3H3,(H,14,15). The zero-order valence-electron chi connectivity index (χ0n) is 10.7. The van der Waals surface area contributed by atoms with Crippen LogP contribution in [0.2, 0.25) is 0 Å². The van der Waals surface area contributed by atoms with Crippen molar-refractivity contribution in [1.29, 1.82) is 0 Å². The van der Waals surface area contributed by atoms with E-state index in [1.807, 2.05) is 20.8 Å². The van der Waals surface area contributed by atoms with Crippen LogP contribution >= 0.6 is 0 Å². The van der Waals surface area contributed by atoms with Crippen molar-refractivity contribution in [2.24, 2.45) is 11.8 Å². The molecule has 1 N–H and O–H groups in total. The zero-order chi connectivity index (χ0) is 13.0. The molecule has 1 fully saturated rings. The van der Waals surface area contributed by atoms with Gasteiger partial charge in [0.1, 0.15) is 12.6 Å². The summed E-state index contributed by atoms with van der Waals surface area (Å²) in [5.41, 5.74) is 0. The third-order valence-corrected chi connectivity index (χ3v) is 2.85. The minimum absolute atomic E-state index is 0.172. The molecule has 1 rings (SSSR count). The summed E-state index contributed by atoms with van der Waals surface area (Å²) in [5, 5.41) is 8.82. The second-order valence-electron chi connectivity index (χ2n) is 5.06. The van der Waals surface area contributed by atoms with Gasteiger partial charge in [-0.25, -0.2) is 0 Å². The van der Waals surface area contributed by atoms with Crippen LogP contribution in [0, 0.1) is 11.8 Å². The van der Waals surface area contributed by atoms with Gasteiger partial charge in [-0.1, -0.05) is 20.8 Å². The number of carbonyl (C=O) groups is 2. The summed E-state index contributed by atoms with van der Waals surface area (Å²) in [6.45, 7) is 6.67. The molecule has 98 valence electrons. The van der Waals surface area contributed by atoms with Crippen LogP contribution in [-0.4, -0.2) is 47.7 Å². The topological polar surface area (TPSA) is 66.8 Å². The number of nitrogens with zero attached hydrogens (tertiary/aromatic N) is 1. The summed E-state index contributed by atoms with van der Waals surface area (Å²) < 4.78 is 5.39. The molecule has 0 aliphatic carbocycles. The Morgan fingerprint density at radius 2 is 2.12 bits per heavy atom. The van der Waals surface area contributed by atoms with Crippen molar-refractivity contribution in [3.63, 3.8) is 0 Å². The predicted molar refractivity (Wildman–Crippen MR) is 62.6 cm³/mol. The van der Waals surface area contributed by atoms with Crippen molar-refractivity contribution in [3.05, 3.63) is 0 Å². The quantitative estimate of drug-likeness (QED) is 0.781. The highest BCUT2D eigenvalue weighted by Crippen LogP contribution is 2.22. The van der Waals surface area contributed by atoms with E-state index >= 15 is 0 Å². The van der Waals surface area contributed by atoms with Gasteiger partial charge in [0.25, 0.3) is 5.91 Å². The number of ether oxygens (including phenoxy) is 1. The molecule has 1 aliphatic rings. The van der Waals surface area contributed by atoms with E-state index in [0.29, 0.717) is 13.2 Å². The maximum absolute atomic E-state index is 12.2. The summed E-state index contributed by atoms with van der Waals surface area (Å²) >= 11 is 0. The number of carboxylic acids is 1. The van der Waals surface area contributed by atoms with Crippen LogP contribution in [0.1, 0.15) is 27.2 Å². The van der Waals surface area contributed by atoms with Crippen LogP contribution in [-0.2, 0) is 14.3 Å². The second kappa shape index (κ2) is 6.00. The van der Waals surface area contributed by atoms with E-state index in [9.17, 15) is 9.59 Å². The number of hydrogen-bond acceptors (Lipinski definition) is 3. The molecule has 5 nitrogen and oxygen atoms in total. The first kappa shape index (κ1) is 14.0. The Morgan fingerprint density at radius 1 is 1.47 bits per heavy atom. The maximum atomic E-state index is 12.2. The van der Waals surface area contributed by atoms with Crippen molar-refractivity contribution in [3.8, 4) is 0 Å². The van der Waals surface area contributed by atoms with Crippen molar-refractivity contribution >= 4 is 11.9 Å². The molecule has 1 saturated heterocycles. The fraction of sp³-hybridized carbons (Fsp3) is 0.833. The summed E-state index contributed by atoms with van der Waals surface area (Å²) in [6, 6.07) is 0. The fourth-order valence-corrected chi connectivity index (χ4v) is 2.03. The van der Waals surface area contributed by atoms with Gasteiger partial charge in [-0.2, -0.15) is 0 Å². The van der Waals surface area contributed by atoms with Crippen molar-refractivity contribution in [1.82, 2.24) is 4.90 Å². The Balaban J connectivity index is 2.67. The number of hydrogen-bond donors (Lipinski definition) is 1. The van der Waals surface area contributed by atoms with Gasteiger partial charge < -0.3 is 14.7 Å². The lowest BCUT2D eigenvalue weighted by molar-refractivity contribution is -0.150. The van der Waals surface area contributed by atoms with E-state index in [1.165, 1.54) is 4.90 Å². The zero-order valence-corrected chi connectivity index (χ0v) is 10.7. The molecule has 0 saturated carbocycles. The van der Waals surface area contributed by atoms with Gasteiger partial charge in [0, 0.05) is 13.2 Å². The van der Waals surface area contributed by atoms with Crippen molar-refractivity contribution < 1.29 is 19.4 Å². The van der Waals surface area contributed by atoms with E-state index in [4.69, 9.17) is 9.84 Å². The first-order chi connectivity index (χ1) is 7.91. The average Bonchev–Trinajstić information content (AvgIpc) is 2.61. The molecule has 5 heteroatoms. The molecule has 0 bridgehead atoms. The highest BCUT2D eigenvalue weighted by Gasteiger charge is 2.34. The lowest BCUT2D eigenvalue weighted by atomic mass is 10.0. The molecular weight excluding hydrogens is 222 g/mol. The SMILES string of the molecule is CC(C)CN(CC(=O)O)C(=O)C1OCCC1C. The van der Waals surface area contributed by atoms with Gasteiger partial charge in [0.05, 0.1) is 0 Å². The fourth-order valence-electron chi connectivity index (χ4n) is 2.03. The lowest BCUT2D eigenvalue weighted by Crippen LogP contribution is -2.45. The Bertz CT molecular complexity index is 290. The molecule has 1 aliphatic heterocycles. The molecule has 0 aromatic carbocycles. The Kier molecular flexibility index (Phi) is 4.93. The number of carbonyl (C=O) groups excluding carboxylic acids is 1. The first-order valence-corrected chi connectivity index (χ1v) is 6.04. The highest BCUT2D eigenvalue weighted by atomic mass is 16.5.